The van der Waals surface area contributed by atoms with E-state index < -0.39 is 5.41 Å². The Balaban J connectivity index is 2.99. The first-order chi connectivity index (χ1) is 6.98. The molecular formula is C12H17NO2. The first kappa shape index (κ1) is 11.7. The van der Waals surface area contributed by atoms with Crippen LogP contribution in [0.25, 0.3) is 0 Å². The highest BCUT2D eigenvalue weighted by Crippen LogP contribution is 2.24. The lowest BCUT2D eigenvalue weighted by Crippen LogP contribution is -2.31. The summed E-state index contributed by atoms with van der Waals surface area (Å²) >= 11 is 0. The predicted molar refractivity (Wildman–Crippen MR) is 58.6 cm³/mol. The molecule has 0 spiro atoms. The van der Waals surface area contributed by atoms with E-state index in [1.165, 1.54) is 0 Å². The van der Waals surface area contributed by atoms with Crippen molar-refractivity contribution in [3.63, 3.8) is 0 Å². The lowest BCUT2D eigenvalue weighted by atomic mass is 9.85. The zero-order chi connectivity index (χ0) is 11.5. The number of ether oxygens (including phenoxy) is 1. The molecule has 1 aromatic heterocycles. The van der Waals surface area contributed by atoms with Crippen LogP contribution in [-0.4, -0.2) is 17.6 Å². The van der Waals surface area contributed by atoms with Crippen LogP contribution in [0.4, 0.5) is 0 Å². The summed E-state index contributed by atoms with van der Waals surface area (Å²) in [6.07, 6.45) is 3.48. The second-order valence-electron chi connectivity index (χ2n) is 4.10. The maximum Gasteiger partial charge on any atom is 0.316 e. The minimum absolute atomic E-state index is 0.211. The fourth-order valence-corrected chi connectivity index (χ4v) is 1.33. The van der Waals surface area contributed by atoms with Crippen LogP contribution >= 0.6 is 0 Å². The van der Waals surface area contributed by atoms with E-state index in [1.807, 2.05) is 33.8 Å². The standard InChI is InChI=1S/C12H17NO2/c1-5-15-11(14)12(3,4)10-6-9(2)7-13-8-10/h6-8H,5H2,1-4H3. The average Bonchev–Trinajstić information content (AvgIpc) is 2.18. The lowest BCUT2D eigenvalue weighted by molar-refractivity contribution is -0.148. The molecule has 0 bridgehead atoms. The fourth-order valence-electron chi connectivity index (χ4n) is 1.33. The second kappa shape index (κ2) is 4.43. The van der Waals surface area contributed by atoms with Gasteiger partial charge in [0.25, 0.3) is 0 Å². The van der Waals surface area contributed by atoms with E-state index in [1.54, 1.807) is 12.4 Å². The van der Waals surface area contributed by atoms with Gasteiger partial charge in [0.05, 0.1) is 12.0 Å². The Morgan fingerprint density at radius 3 is 2.67 bits per heavy atom. The fraction of sp³-hybridized carbons (Fsp3) is 0.500. The largest absolute Gasteiger partial charge is 0.465 e. The molecule has 0 atom stereocenters. The van der Waals surface area contributed by atoms with Crippen LogP contribution in [0.3, 0.4) is 0 Å². The highest BCUT2D eigenvalue weighted by atomic mass is 16.5. The van der Waals surface area contributed by atoms with Crippen molar-refractivity contribution in [2.45, 2.75) is 33.1 Å². The van der Waals surface area contributed by atoms with Crippen LogP contribution in [0.2, 0.25) is 0 Å². The maximum atomic E-state index is 11.7. The van der Waals surface area contributed by atoms with Crippen LogP contribution in [0.5, 0.6) is 0 Å². The SMILES string of the molecule is CCOC(=O)C(C)(C)c1cncc(C)c1. The topological polar surface area (TPSA) is 39.2 Å². The Morgan fingerprint density at radius 1 is 1.47 bits per heavy atom. The molecule has 0 aliphatic rings. The third-order valence-electron chi connectivity index (χ3n) is 2.38. The molecule has 0 aromatic carbocycles. The molecule has 0 radical (unpaired) electrons. The minimum atomic E-state index is -0.630. The van der Waals surface area contributed by atoms with E-state index in [-0.39, 0.29) is 5.97 Å². The second-order valence-corrected chi connectivity index (χ2v) is 4.10. The van der Waals surface area contributed by atoms with E-state index in [4.69, 9.17) is 4.74 Å². The Morgan fingerprint density at radius 2 is 2.13 bits per heavy atom. The van der Waals surface area contributed by atoms with Crippen LogP contribution < -0.4 is 0 Å². The zero-order valence-corrected chi connectivity index (χ0v) is 9.70. The highest BCUT2D eigenvalue weighted by molar-refractivity contribution is 5.82. The lowest BCUT2D eigenvalue weighted by Gasteiger charge is -2.22. The molecule has 3 heteroatoms. The molecule has 3 nitrogen and oxygen atoms in total. The van der Waals surface area contributed by atoms with Crippen molar-refractivity contribution in [2.75, 3.05) is 6.61 Å². The predicted octanol–water partition coefficient (Wildman–Crippen LogP) is 2.23. The summed E-state index contributed by atoms with van der Waals surface area (Å²) in [4.78, 5) is 15.8. The Labute approximate surface area is 90.5 Å². The van der Waals surface area contributed by atoms with Crippen molar-refractivity contribution in [1.29, 1.82) is 0 Å². The van der Waals surface area contributed by atoms with Gasteiger partial charge in [-0.15, -0.1) is 0 Å². The number of carbonyl (C=O) groups is 1. The van der Waals surface area contributed by atoms with Gasteiger partial charge in [-0.1, -0.05) is 6.07 Å². The van der Waals surface area contributed by atoms with Gasteiger partial charge < -0.3 is 4.74 Å². The van der Waals surface area contributed by atoms with Crippen molar-refractivity contribution in [2.24, 2.45) is 0 Å². The van der Waals surface area contributed by atoms with E-state index in [0.29, 0.717) is 6.61 Å². The molecule has 0 N–H and O–H groups in total. The van der Waals surface area contributed by atoms with Crippen LogP contribution in [0, 0.1) is 6.92 Å². The van der Waals surface area contributed by atoms with Gasteiger partial charge in [-0.2, -0.15) is 0 Å². The number of pyridine rings is 1. The molecule has 1 heterocycles. The van der Waals surface area contributed by atoms with E-state index >= 15 is 0 Å². The van der Waals surface area contributed by atoms with Crippen LogP contribution in [0.15, 0.2) is 18.5 Å². The summed E-state index contributed by atoms with van der Waals surface area (Å²) in [5.41, 5.74) is 1.31. The summed E-state index contributed by atoms with van der Waals surface area (Å²) < 4.78 is 5.03. The van der Waals surface area contributed by atoms with Gasteiger partial charge in [0.2, 0.25) is 0 Å². The van der Waals surface area contributed by atoms with Crippen molar-refractivity contribution in [3.8, 4) is 0 Å². The normalized spacial score (nSPS) is 11.2. The zero-order valence-electron chi connectivity index (χ0n) is 9.70. The molecule has 82 valence electrons. The quantitative estimate of drug-likeness (QED) is 0.713. The molecule has 1 rings (SSSR count). The Hall–Kier alpha value is -1.38. The summed E-state index contributed by atoms with van der Waals surface area (Å²) in [6.45, 7) is 7.87. The average molecular weight is 207 g/mol. The minimum Gasteiger partial charge on any atom is -0.465 e. The van der Waals surface area contributed by atoms with Crippen LogP contribution in [0.1, 0.15) is 31.9 Å². The summed E-state index contributed by atoms with van der Waals surface area (Å²) in [7, 11) is 0. The van der Waals surface area contributed by atoms with Gasteiger partial charge in [0, 0.05) is 12.4 Å². The van der Waals surface area contributed by atoms with Crippen molar-refractivity contribution < 1.29 is 9.53 Å². The number of rotatable bonds is 3. The first-order valence-electron chi connectivity index (χ1n) is 5.08. The van der Waals surface area contributed by atoms with Gasteiger partial charge in [-0.05, 0) is 38.8 Å². The number of nitrogens with zero attached hydrogens (tertiary/aromatic N) is 1. The van der Waals surface area contributed by atoms with E-state index in [9.17, 15) is 4.79 Å². The molecule has 0 fully saturated rings. The van der Waals surface area contributed by atoms with Gasteiger partial charge in [-0.3, -0.25) is 9.78 Å². The summed E-state index contributed by atoms with van der Waals surface area (Å²) in [5, 5.41) is 0. The molecule has 15 heavy (non-hydrogen) atoms. The molecule has 0 amide bonds. The monoisotopic (exact) mass is 207 g/mol. The smallest absolute Gasteiger partial charge is 0.316 e. The number of carbonyl (C=O) groups excluding carboxylic acids is 1. The first-order valence-corrected chi connectivity index (χ1v) is 5.08. The van der Waals surface area contributed by atoms with Gasteiger partial charge in [-0.25, -0.2) is 0 Å². The number of hydrogen-bond donors (Lipinski definition) is 0. The Kier molecular flexibility index (Phi) is 3.45. The third-order valence-corrected chi connectivity index (χ3v) is 2.38. The number of esters is 1. The van der Waals surface area contributed by atoms with E-state index in [2.05, 4.69) is 4.98 Å². The van der Waals surface area contributed by atoms with E-state index in [0.717, 1.165) is 11.1 Å². The molecule has 0 saturated heterocycles. The number of aromatic nitrogens is 1. The van der Waals surface area contributed by atoms with Gasteiger partial charge >= 0.3 is 5.97 Å². The number of hydrogen-bond acceptors (Lipinski definition) is 3. The molecular weight excluding hydrogens is 190 g/mol. The highest BCUT2D eigenvalue weighted by Gasteiger charge is 2.31. The molecule has 0 unspecified atom stereocenters. The molecule has 1 aromatic rings. The third kappa shape index (κ3) is 2.55. The molecule has 0 aliphatic carbocycles. The van der Waals surface area contributed by atoms with Crippen molar-refractivity contribution in [3.05, 3.63) is 29.6 Å². The molecule has 0 aliphatic heterocycles. The van der Waals surface area contributed by atoms with Gasteiger partial charge in [0.15, 0.2) is 0 Å². The summed E-state index contributed by atoms with van der Waals surface area (Å²) in [5.74, 6) is -0.211. The van der Waals surface area contributed by atoms with Crippen molar-refractivity contribution in [1.82, 2.24) is 4.98 Å². The Bertz CT molecular complexity index is 358. The maximum absolute atomic E-state index is 11.7. The van der Waals surface area contributed by atoms with Gasteiger partial charge in [0.1, 0.15) is 0 Å². The number of aryl methyl sites for hydroxylation is 1. The van der Waals surface area contributed by atoms with Crippen molar-refractivity contribution >= 4 is 5.97 Å². The molecule has 0 saturated carbocycles. The van der Waals surface area contributed by atoms with Crippen LogP contribution in [-0.2, 0) is 14.9 Å². The summed E-state index contributed by atoms with van der Waals surface area (Å²) in [6, 6.07) is 1.96.